The van der Waals surface area contributed by atoms with Crippen molar-refractivity contribution >= 4 is 17.5 Å². The van der Waals surface area contributed by atoms with Gasteiger partial charge in [-0.25, -0.2) is 0 Å². The lowest BCUT2D eigenvalue weighted by Crippen LogP contribution is -2.33. The zero-order valence-electron chi connectivity index (χ0n) is 12.0. The van der Waals surface area contributed by atoms with Crippen LogP contribution in [0.25, 0.3) is 0 Å². The largest absolute Gasteiger partial charge is 0.339 e. The summed E-state index contributed by atoms with van der Waals surface area (Å²) in [6, 6.07) is 7.64. The van der Waals surface area contributed by atoms with Gasteiger partial charge in [-0.15, -0.1) is 11.6 Å². The Hall–Kier alpha value is -1.02. The molecule has 0 spiro atoms. The molecule has 0 aliphatic carbocycles. The molecule has 0 heterocycles. The van der Waals surface area contributed by atoms with E-state index < -0.39 is 0 Å². The average Bonchev–Trinajstić information content (AvgIpc) is 2.47. The second kappa shape index (κ2) is 8.98. The first kappa shape index (κ1) is 16.0. The Morgan fingerprint density at radius 1 is 1.16 bits per heavy atom. The van der Waals surface area contributed by atoms with Crippen molar-refractivity contribution < 1.29 is 4.79 Å². The zero-order chi connectivity index (χ0) is 14.1. The summed E-state index contributed by atoms with van der Waals surface area (Å²) >= 11 is 5.83. The van der Waals surface area contributed by atoms with Crippen LogP contribution in [0.1, 0.15) is 55.5 Å². The van der Waals surface area contributed by atoms with Crippen molar-refractivity contribution in [1.29, 1.82) is 0 Å². The number of carbonyl (C=O) groups excluding carboxylic acids is 1. The molecule has 0 fully saturated rings. The lowest BCUT2D eigenvalue weighted by molar-refractivity contribution is 0.0751. The van der Waals surface area contributed by atoms with Crippen molar-refractivity contribution in [3.8, 4) is 0 Å². The number of alkyl halides is 1. The number of halogens is 1. The minimum atomic E-state index is 0.133. The van der Waals surface area contributed by atoms with Gasteiger partial charge in [-0.05, 0) is 30.5 Å². The number of nitrogens with zero attached hydrogens (tertiary/aromatic N) is 1. The lowest BCUT2D eigenvalue weighted by atomic mass is 10.1. The SMILES string of the molecule is CCCCN(CCCC)C(=O)c1cccc(CCl)c1. The molecule has 0 saturated heterocycles. The van der Waals surface area contributed by atoms with Crippen molar-refractivity contribution in [3.05, 3.63) is 35.4 Å². The molecule has 0 unspecified atom stereocenters. The van der Waals surface area contributed by atoms with Crippen molar-refractivity contribution in [3.63, 3.8) is 0 Å². The molecule has 0 saturated carbocycles. The molecule has 0 aliphatic heterocycles. The van der Waals surface area contributed by atoms with Crippen molar-refractivity contribution in [1.82, 2.24) is 4.90 Å². The fraction of sp³-hybridized carbons (Fsp3) is 0.562. The summed E-state index contributed by atoms with van der Waals surface area (Å²) in [5, 5.41) is 0. The van der Waals surface area contributed by atoms with E-state index in [1.54, 1.807) is 0 Å². The lowest BCUT2D eigenvalue weighted by Gasteiger charge is -2.22. The van der Waals surface area contributed by atoms with Gasteiger partial charge in [0.1, 0.15) is 0 Å². The second-order valence-corrected chi connectivity index (χ2v) is 5.10. The Morgan fingerprint density at radius 2 is 1.79 bits per heavy atom. The Balaban J connectivity index is 2.77. The van der Waals surface area contributed by atoms with Gasteiger partial charge in [-0.2, -0.15) is 0 Å². The van der Waals surface area contributed by atoms with Gasteiger partial charge >= 0.3 is 0 Å². The van der Waals surface area contributed by atoms with E-state index in [4.69, 9.17) is 11.6 Å². The topological polar surface area (TPSA) is 20.3 Å². The number of amides is 1. The normalized spacial score (nSPS) is 10.5. The van der Waals surface area contributed by atoms with Crippen molar-refractivity contribution in [2.24, 2.45) is 0 Å². The third-order valence-electron chi connectivity index (χ3n) is 3.18. The van der Waals surface area contributed by atoms with E-state index in [-0.39, 0.29) is 5.91 Å². The van der Waals surface area contributed by atoms with Gasteiger partial charge in [0.05, 0.1) is 0 Å². The highest BCUT2D eigenvalue weighted by molar-refractivity contribution is 6.17. The predicted octanol–water partition coefficient (Wildman–Crippen LogP) is 4.47. The van der Waals surface area contributed by atoms with Gasteiger partial charge in [0.25, 0.3) is 5.91 Å². The summed E-state index contributed by atoms with van der Waals surface area (Å²) in [5.74, 6) is 0.583. The number of unbranched alkanes of at least 4 members (excludes halogenated alkanes) is 2. The summed E-state index contributed by atoms with van der Waals surface area (Å²) in [6.45, 7) is 5.99. The number of hydrogen-bond donors (Lipinski definition) is 0. The van der Waals surface area contributed by atoms with E-state index in [1.807, 2.05) is 29.2 Å². The Morgan fingerprint density at radius 3 is 2.32 bits per heavy atom. The molecule has 3 heteroatoms. The maximum atomic E-state index is 12.5. The highest BCUT2D eigenvalue weighted by Crippen LogP contribution is 2.12. The van der Waals surface area contributed by atoms with Crippen LogP contribution in [0.15, 0.2) is 24.3 Å². The molecule has 0 atom stereocenters. The van der Waals surface area contributed by atoms with Crippen LogP contribution in [-0.4, -0.2) is 23.9 Å². The van der Waals surface area contributed by atoms with Crippen LogP contribution < -0.4 is 0 Å². The fourth-order valence-electron chi connectivity index (χ4n) is 1.98. The van der Waals surface area contributed by atoms with E-state index >= 15 is 0 Å². The van der Waals surface area contributed by atoms with Gasteiger partial charge in [0.15, 0.2) is 0 Å². The van der Waals surface area contributed by atoms with Crippen LogP contribution in [0.2, 0.25) is 0 Å². The number of benzene rings is 1. The van der Waals surface area contributed by atoms with E-state index in [0.717, 1.165) is 49.9 Å². The van der Waals surface area contributed by atoms with Crippen LogP contribution in [-0.2, 0) is 5.88 Å². The fourth-order valence-corrected chi connectivity index (χ4v) is 2.15. The summed E-state index contributed by atoms with van der Waals surface area (Å²) in [7, 11) is 0. The average molecular weight is 282 g/mol. The Labute approximate surface area is 121 Å². The molecule has 0 bridgehead atoms. The summed E-state index contributed by atoms with van der Waals surface area (Å²) in [4.78, 5) is 14.5. The first-order valence-electron chi connectivity index (χ1n) is 7.17. The minimum Gasteiger partial charge on any atom is -0.339 e. The maximum Gasteiger partial charge on any atom is 0.253 e. The van der Waals surface area contributed by atoms with Gasteiger partial charge in [0.2, 0.25) is 0 Å². The first-order chi connectivity index (χ1) is 9.22. The van der Waals surface area contributed by atoms with Crippen LogP contribution in [0.5, 0.6) is 0 Å². The van der Waals surface area contributed by atoms with Crippen LogP contribution in [0.4, 0.5) is 0 Å². The highest BCUT2D eigenvalue weighted by atomic mass is 35.5. The molecular formula is C16H24ClNO. The quantitative estimate of drug-likeness (QED) is 0.644. The van der Waals surface area contributed by atoms with E-state index in [1.165, 1.54) is 0 Å². The zero-order valence-corrected chi connectivity index (χ0v) is 12.7. The summed E-state index contributed by atoms with van der Waals surface area (Å²) in [6.07, 6.45) is 4.34. The van der Waals surface area contributed by atoms with Crippen molar-refractivity contribution in [2.75, 3.05) is 13.1 Å². The molecule has 0 radical (unpaired) electrons. The maximum absolute atomic E-state index is 12.5. The van der Waals surface area contributed by atoms with Gasteiger partial charge in [-0.3, -0.25) is 4.79 Å². The molecule has 1 amide bonds. The van der Waals surface area contributed by atoms with Gasteiger partial charge in [-0.1, -0.05) is 38.8 Å². The number of carbonyl (C=O) groups is 1. The molecule has 2 nitrogen and oxygen atoms in total. The number of rotatable bonds is 8. The van der Waals surface area contributed by atoms with Crippen LogP contribution >= 0.6 is 11.6 Å². The van der Waals surface area contributed by atoms with Crippen LogP contribution in [0, 0.1) is 0 Å². The molecule has 1 aromatic rings. The second-order valence-electron chi connectivity index (χ2n) is 4.83. The molecule has 1 aromatic carbocycles. The number of hydrogen-bond acceptors (Lipinski definition) is 1. The molecular weight excluding hydrogens is 258 g/mol. The van der Waals surface area contributed by atoms with E-state index in [2.05, 4.69) is 13.8 Å². The third-order valence-corrected chi connectivity index (χ3v) is 3.49. The first-order valence-corrected chi connectivity index (χ1v) is 7.70. The molecule has 0 N–H and O–H groups in total. The Kier molecular flexibility index (Phi) is 7.57. The molecule has 0 aliphatic rings. The predicted molar refractivity (Wildman–Crippen MR) is 81.7 cm³/mol. The smallest absolute Gasteiger partial charge is 0.253 e. The standard InChI is InChI=1S/C16H24ClNO/c1-3-5-10-18(11-6-4-2)16(19)15-9-7-8-14(12-15)13-17/h7-9,12H,3-6,10-11,13H2,1-2H3. The molecule has 106 valence electrons. The molecule has 0 aromatic heterocycles. The minimum absolute atomic E-state index is 0.133. The monoisotopic (exact) mass is 281 g/mol. The molecule has 19 heavy (non-hydrogen) atoms. The summed E-state index contributed by atoms with van der Waals surface area (Å²) < 4.78 is 0. The van der Waals surface area contributed by atoms with Gasteiger partial charge < -0.3 is 4.90 Å². The highest BCUT2D eigenvalue weighted by Gasteiger charge is 2.14. The van der Waals surface area contributed by atoms with Gasteiger partial charge in [0, 0.05) is 24.5 Å². The van der Waals surface area contributed by atoms with Crippen molar-refractivity contribution in [2.45, 2.75) is 45.4 Å². The Bertz CT molecular complexity index is 384. The van der Waals surface area contributed by atoms with Crippen LogP contribution in [0.3, 0.4) is 0 Å². The third kappa shape index (κ3) is 5.23. The summed E-state index contributed by atoms with van der Waals surface area (Å²) in [5.41, 5.74) is 1.75. The molecule has 1 rings (SSSR count). The van der Waals surface area contributed by atoms with E-state index in [9.17, 15) is 4.79 Å². The van der Waals surface area contributed by atoms with E-state index in [0.29, 0.717) is 5.88 Å².